The van der Waals surface area contributed by atoms with Crippen LogP contribution in [0.15, 0.2) is 77.9 Å². The number of para-hydroxylation sites is 1. The molecule has 0 aliphatic heterocycles. The molecule has 0 spiro atoms. The van der Waals surface area contributed by atoms with Crippen molar-refractivity contribution >= 4 is 28.8 Å². The van der Waals surface area contributed by atoms with Gasteiger partial charge in [-0.25, -0.2) is 0 Å². The maximum atomic E-state index is 11.1. The zero-order valence-electron chi connectivity index (χ0n) is 19.2. The van der Waals surface area contributed by atoms with E-state index in [1.807, 2.05) is 67.1 Å². The normalized spacial score (nSPS) is 12.1. The van der Waals surface area contributed by atoms with Crippen LogP contribution < -0.4 is 5.32 Å². The Bertz CT molecular complexity index is 1040. The van der Waals surface area contributed by atoms with E-state index in [1.54, 1.807) is 0 Å². The quantitative estimate of drug-likeness (QED) is 0.338. The molecule has 0 atom stereocenters. The summed E-state index contributed by atoms with van der Waals surface area (Å²) < 4.78 is 1.97. The molecule has 31 heavy (non-hydrogen) atoms. The monoisotopic (exact) mass is 436 g/mol. The van der Waals surface area contributed by atoms with Crippen LogP contribution in [0.3, 0.4) is 0 Å². The smallest absolute Gasteiger partial charge is 0.166 e. The van der Waals surface area contributed by atoms with Crippen LogP contribution >= 0.6 is 11.6 Å². The first-order valence-electron chi connectivity index (χ1n) is 10.6. The Hall–Kier alpha value is -2.62. The molecule has 3 nitrogen and oxygen atoms in total. The Kier molecular flexibility index (Phi) is 9.29. The highest BCUT2D eigenvalue weighted by Gasteiger charge is 2.12. The van der Waals surface area contributed by atoms with Gasteiger partial charge in [-0.2, -0.15) is 0 Å². The van der Waals surface area contributed by atoms with Gasteiger partial charge in [-0.1, -0.05) is 87.0 Å². The van der Waals surface area contributed by atoms with Gasteiger partial charge >= 0.3 is 0 Å². The minimum Gasteiger partial charge on any atom is -0.334 e. The lowest BCUT2D eigenvalue weighted by molar-refractivity contribution is 0.111. The van der Waals surface area contributed by atoms with E-state index >= 15 is 0 Å². The molecule has 0 aliphatic carbocycles. The average Bonchev–Trinajstić information content (AvgIpc) is 3.12. The first-order chi connectivity index (χ1) is 14.8. The number of allylic oxidation sites excluding steroid dienone is 4. The highest BCUT2D eigenvalue weighted by molar-refractivity contribution is 6.31. The van der Waals surface area contributed by atoms with Gasteiger partial charge in [0.2, 0.25) is 0 Å². The molecule has 0 aliphatic rings. The van der Waals surface area contributed by atoms with Crippen LogP contribution in [0.4, 0.5) is 0 Å². The van der Waals surface area contributed by atoms with Crippen LogP contribution in [-0.2, 0) is 18.5 Å². The summed E-state index contributed by atoms with van der Waals surface area (Å²) in [4.78, 5) is 11.1. The fourth-order valence-electron chi connectivity index (χ4n) is 3.23. The molecule has 164 valence electrons. The number of rotatable bonds is 6. The summed E-state index contributed by atoms with van der Waals surface area (Å²) in [5, 5.41) is 4.91. The van der Waals surface area contributed by atoms with Crippen LogP contribution in [0.1, 0.15) is 49.3 Å². The Morgan fingerprint density at radius 2 is 1.77 bits per heavy atom. The maximum Gasteiger partial charge on any atom is 0.166 e. The molecule has 4 heteroatoms. The van der Waals surface area contributed by atoms with Crippen molar-refractivity contribution in [2.45, 2.75) is 46.2 Å². The average molecular weight is 437 g/mol. The molecule has 0 fully saturated rings. The minimum absolute atomic E-state index is 0.262. The van der Waals surface area contributed by atoms with E-state index in [0.717, 1.165) is 23.7 Å². The molecule has 1 heterocycles. The molecular weight excluding hydrogens is 404 g/mol. The second-order valence-electron chi connectivity index (χ2n) is 8.41. The number of benzene rings is 2. The van der Waals surface area contributed by atoms with Crippen molar-refractivity contribution in [1.29, 1.82) is 0 Å². The molecule has 3 aromatic rings. The van der Waals surface area contributed by atoms with Crippen LogP contribution in [-0.4, -0.2) is 17.9 Å². The van der Waals surface area contributed by atoms with Gasteiger partial charge in [0.05, 0.1) is 5.69 Å². The summed E-state index contributed by atoms with van der Waals surface area (Å²) in [6.45, 7) is 10.2. The first-order valence-corrected chi connectivity index (χ1v) is 10.9. The molecule has 0 bridgehead atoms. The number of carbonyl (C=O) groups excluding carboxylic acids is 1. The Morgan fingerprint density at radius 3 is 2.35 bits per heavy atom. The summed E-state index contributed by atoms with van der Waals surface area (Å²) in [5.74, 6) is 0. The Labute approximate surface area is 191 Å². The number of halogens is 1. The molecule has 1 N–H and O–H groups in total. The van der Waals surface area contributed by atoms with Crippen molar-refractivity contribution < 1.29 is 4.79 Å². The number of carbonyl (C=O) groups is 1. The number of hydrogen-bond acceptors (Lipinski definition) is 2. The van der Waals surface area contributed by atoms with E-state index in [4.69, 9.17) is 11.6 Å². The van der Waals surface area contributed by atoms with Gasteiger partial charge in [0.1, 0.15) is 0 Å². The molecule has 0 saturated heterocycles. The van der Waals surface area contributed by atoms with Gasteiger partial charge < -0.3 is 9.88 Å². The van der Waals surface area contributed by atoms with Gasteiger partial charge in [-0.05, 0) is 48.7 Å². The number of nitrogens with one attached hydrogen (secondary N) is 1. The van der Waals surface area contributed by atoms with Crippen molar-refractivity contribution in [2.75, 3.05) is 7.05 Å². The molecule has 0 radical (unpaired) electrons. The van der Waals surface area contributed by atoms with Crippen molar-refractivity contribution in [2.24, 2.45) is 0 Å². The van der Waals surface area contributed by atoms with E-state index in [1.165, 1.54) is 11.1 Å². The lowest BCUT2D eigenvalue weighted by atomic mass is 9.87. The molecule has 1 aromatic heterocycles. The van der Waals surface area contributed by atoms with Crippen LogP contribution in [0, 0.1) is 0 Å². The molecule has 2 aromatic carbocycles. The number of hydrogen-bond donors (Lipinski definition) is 1. The maximum absolute atomic E-state index is 11.1. The van der Waals surface area contributed by atoms with Crippen molar-refractivity contribution in [3.8, 4) is 0 Å². The summed E-state index contributed by atoms with van der Waals surface area (Å²) in [6.07, 6.45) is 6.49. The van der Waals surface area contributed by atoms with E-state index in [0.29, 0.717) is 17.3 Å². The Balaban J connectivity index is 0.000000233. The van der Waals surface area contributed by atoms with E-state index < -0.39 is 0 Å². The highest BCUT2D eigenvalue weighted by Crippen LogP contribution is 2.22. The van der Waals surface area contributed by atoms with Crippen LogP contribution in [0.25, 0.3) is 10.9 Å². The van der Waals surface area contributed by atoms with Crippen molar-refractivity contribution in [1.82, 2.24) is 9.88 Å². The van der Waals surface area contributed by atoms with Crippen molar-refractivity contribution in [3.63, 3.8) is 0 Å². The highest BCUT2D eigenvalue weighted by atomic mass is 35.5. The lowest BCUT2D eigenvalue weighted by Gasteiger charge is -2.19. The van der Waals surface area contributed by atoms with Crippen LogP contribution in [0.2, 0.25) is 0 Å². The summed E-state index contributed by atoms with van der Waals surface area (Å²) in [7, 11) is 1.97. The van der Waals surface area contributed by atoms with E-state index in [9.17, 15) is 4.79 Å². The third-order valence-corrected chi connectivity index (χ3v) is 5.35. The topological polar surface area (TPSA) is 34.0 Å². The van der Waals surface area contributed by atoms with Crippen LogP contribution in [0.5, 0.6) is 0 Å². The van der Waals surface area contributed by atoms with Gasteiger partial charge in [0, 0.05) is 29.0 Å². The van der Waals surface area contributed by atoms with Gasteiger partial charge in [-0.3, -0.25) is 4.79 Å². The predicted octanol–water partition coefficient (Wildman–Crippen LogP) is 6.86. The fourth-order valence-corrected chi connectivity index (χ4v) is 3.32. The molecule has 0 amide bonds. The number of aldehydes is 1. The first kappa shape index (κ1) is 24.6. The van der Waals surface area contributed by atoms with E-state index in [-0.39, 0.29) is 5.41 Å². The van der Waals surface area contributed by atoms with Gasteiger partial charge in [0.25, 0.3) is 0 Å². The standard InChI is InChI=1S/C15H14ClNO.C12H19N/c1-2-13(16)7-5-9-17-14(11-18)10-12-6-3-4-8-15(12)17;1-12(2,3)11-7-5-10(6-8-11)9-13-4/h2-8,10-11H,9H2,1H3;5-8,13H,9H2,1-4H3/b7-5-,13-2+;. The Morgan fingerprint density at radius 1 is 1.10 bits per heavy atom. The zero-order valence-corrected chi connectivity index (χ0v) is 19.9. The molecular formula is C27H33ClN2O. The van der Waals surface area contributed by atoms with E-state index in [2.05, 4.69) is 50.4 Å². The SMILES string of the molecule is C/C=C(Cl)\C=C/Cn1c(C=O)cc2ccccc21.CNCc1ccc(C(C)(C)C)cc1. The lowest BCUT2D eigenvalue weighted by Crippen LogP contribution is -2.11. The molecule has 3 rings (SSSR count). The van der Waals surface area contributed by atoms with Crippen molar-refractivity contribution in [3.05, 3.63) is 94.7 Å². The second-order valence-corrected chi connectivity index (χ2v) is 8.85. The summed E-state index contributed by atoms with van der Waals surface area (Å²) in [5.41, 5.74) is 4.74. The largest absolute Gasteiger partial charge is 0.334 e. The van der Waals surface area contributed by atoms with Gasteiger partial charge in [0.15, 0.2) is 6.29 Å². The number of nitrogens with zero attached hydrogens (tertiary/aromatic N) is 1. The van der Waals surface area contributed by atoms with Gasteiger partial charge in [-0.15, -0.1) is 0 Å². The molecule has 0 saturated carbocycles. The third kappa shape index (κ3) is 7.23. The summed E-state index contributed by atoms with van der Waals surface area (Å²) in [6, 6.07) is 18.7. The number of fused-ring (bicyclic) bond motifs is 1. The molecule has 0 unspecified atom stereocenters. The predicted molar refractivity (Wildman–Crippen MR) is 134 cm³/mol. The second kappa shape index (κ2) is 11.7. The number of aromatic nitrogens is 1. The zero-order chi connectivity index (χ0) is 22.9. The third-order valence-electron chi connectivity index (χ3n) is 5.01. The summed E-state index contributed by atoms with van der Waals surface area (Å²) >= 11 is 5.89. The minimum atomic E-state index is 0.262. The fraction of sp³-hybridized carbons (Fsp3) is 0.296.